The van der Waals surface area contributed by atoms with Crippen LogP contribution in [0.2, 0.25) is 0 Å². The van der Waals surface area contributed by atoms with Gasteiger partial charge >= 0.3 is 0 Å². The van der Waals surface area contributed by atoms with Crippen molar-refractivity contribution in [1.82, 2.24) is 9.80 Å². The molecule has 4 saturated carbocycles. The van der Waals surface area contributed by atoms with Gasteiger partial charge in [-0.05, 0) is 74.2 Å². The molecule has 27 heavy (non-hydrogen) atoms. The molecule has 4 aliphatic carbocycles. The van der Waals surface area contributed by atoms with Gasteiger partial charge in [0.15, 0.2) is 0 Å². The summed E-state index contributed by atoms with van der Waals surface area (Å²) in [5.41, 5.74) is 1.43. The Morgan fingerprint density at radius 3 is 2.26 bits per heavy atom. The maximum Gasteiger partial charge on any atom is 0.0446 e. The molecule has 6 rings (SSSR count). The van der Waals surface area contributed by atoms with Gasteiger partial charge in [-0.25, -0.2) is 0 Å². The maximum atomic E-state index is 9.67. The van der Waals surface area contributed by atoms with E-state index in [1.54, 1.807) is 6.42 Å². The van der Waals surface area contributed by atoms with E-state index >= 15 is 0 Å². The van der Waals surface area contributed by atoms with Crippen molar-refractivity contribution < 1.29 is 5.11 Å². The second-order valence-corrected chi connectivity index (χ2v) is 9.85. The average molecular weight is 369 g/mol. The molecule has 5 aliphatic rings. The maximum absolute atomic E-state index is 9.67. The zero-order valence-electron chi connectivity index (χ0n) is 16.7. The summed E-state index contributed by atoms with van der Waals surface area (Å²) in [6, 6.07) is 12.3. The largest absolute Gasteiger partial charge is 0.396 e. The van der Waals surface area contributed by atoms with Crippen molar-refractivity contribution in [2.75, 3.05) is 32.8 Å². The first-order valence-electron chi connectivity index (χ1n) is 11.4. The summed E-state index contributed by atoms with van der Waals surface area (Å²) in [5, 5.41) is 9.67. The van der Waals surface area contributed by atoms with Crippen LogP contribution in [0.25, 0.3) is 0 Å². The smallest absolute Gasteiger partial charge is 0.0446 e. The lowest BCUT2D eigenvalue weighted by Gasteiger charge is -2.59. The molecule has 3 nitrogen and oxygen atoms in total. The van der Waals surface area contributed by atoms with Crippen molar-refractivity contribution in [1.29, 1.82) is 0 Å². The van der Waals surface area contributed by atoms with Crippen molar-refractivity contribution in [3.05, 3.63) is 35.9 Å². The van der Waals surface area contributed by atoms with Gasteiger partial charge in [0.05, 0.1) is 0 Å². The van der Waals surface area contributed by atoms with E-state index in [0.717, 1.165) is 49.1 Å². The topological polar surface area (TPSA) is 26.7 Å². The highest BCUT2D eigenvalue weighted by atomic mass is 16.3. The number of piperazine rings is 1. The first-order chi connectivity index (χ1) is 13.3. The van der Waals surface area contributed by atoms with Crippen LogP contribution < -0.4 is 0 Å². The lowest BCUT2D eigenvalue weighted by atomic mass is 9.53. The Bertz CT molecular complexity index is 590. The number of hydrogen-bond donors (Lipinski definition) is 1. The van der Waals surface area contributed by atoms with Gasteiger partial charge in [-0.15, -0.1) is 0 Å². The highest BCUT2D eigenvalue weighted by Gasteiger charge is 2.50. The Morgan fingerprint density at radius 2 is 1.59 bits per heavy atom. The van der Waals surface area contributed by atoms with Crippen LogP contribution in [0.15, 0.2) is 30.3 Å². The van der Waals surface area contributed by atoms with Crippen LogP contribution >= 0.6 is 0 Å². The summed E-state index contributed by atoms with van der Waals surface area (Å²) >= 11 is 0. The molecule has 0 radical (unpaired) electrons. The lowest BCUT2D eigenvalue weighted by molar-refractivity contribution is -0.0865. The van der Waals surface area contributed by atoms with Crippen LogP contribution in [0, 0.1) is 23.7 Å². The predicted octanol–water partition coefficient (Wildman–Crippen LogP) is 3.42. The number of hydrogen-bond acceptors (Lipinski definition) is 3. The summed E-state index contributed by atoms with van der Waals surface area (Å²) in [7, 11) is 0. The molecule has 1 aromatic carbocycles. The molecule has 3 heteroatoms. The molecule has 1 aromatic rings. The molecule has 4 bridgehead atoms. The van der Waals surface area contributed by atoms with E-state index in [-0.39, 0.29) is 0 Å². The molecule has 1 aliphatic heterocycles. The van der Waals surface area contributed by atoms with E-state index in [9.17, 15) is 5.11 Å². The number of benzene rings is 1. The highest BCUT2D eigenvalue weighted by Crippen LogP contribution is 2.55. The Balaban J connectivity index is 1.23. The van der Waals surface area contributed by atoms with E-state index in [0.29, 0.717) is 12.6 Å². The summed E-state index contributed by atoms with van der Waals surface area (Å²) in [4.78, 5) is 5.53. The van der Waals surface area contributed by atoms with Gasteiger partial charge < -0.3 is 5.11 Å². The van der Waals surface area contributed by atoms with E-state index < -0.39 is 0 Å². The first-order valence-corrected chi connectivity index (χ1v) is 11.4. The van der Waals surface area contributed by atoms with E-state index in [4.69, 9.17) is 0 Å². The van der Waals surface area contributed by atoms with Crippen LogP contribution in [0.1, 0.15) is 44.1 Å². The summed E-state index contributed by atoms with van der Waals surface area (Å²) in [6.45, 7) is 5.05. The number of rotatable bonds is 6. The Morgan fingerprint density at radius 1 is 0.889 bits per heavy atom. The SMILES string of the molecule is OCC[C@@H]1CN(C2C3CC4CC(C3)CC2C4)CCN1CCc1ccccc1. The third kappa shape index (κ3) is 3.71. The van der Waals surface area contributed by atoms with Crippen molar-refractivity contribution in [3.8, 4) is 0 Å². The first kappa shape index (κ1) is 18.1. The van der Waals surface area contributed by atoms with Gasteiger partial charge in [-0.3, -0.25) is 9.80 Å². The Kier molecular flexibility index (Phi) is 5.28. The molecule has 0 spiro atoms. The number of aliphatic hydroxyl groups excluding tert-OH is 1. The second kappa shape index (κ2) is 7.85. The Labute approximate surface area is 164 Å². The monoisotopic (exact) mass is 368 g/mol. The predicted molar refractivity (Wildman–Crippen MR) is 110 cm³/mol. The molecule has 0 unspecified atom stereocenters. The Hall–Kier alpha value is -0.900. The number of aliphatic hydroxyl groups is 1. The van der Waals surface area contributed by atoms with Gasteiger partial charge in [-0.1, -0.05) is 30.3 Å². The molecule has 0 amide bonds. The molecule has 1 N–H and O–H groups in total. The van der Waals surface area contributed by atoms with Gasteiger partial charge in [0, 0.05) is 44.9 Å². The van der Waals surface area contributed by atoms with Crippen molar-refractivity contribution in [2.24, 2.45) is 23.7 Å². The van der Waals surface area contributed by atoms with Gasteiger partial charge in [0.25, 0.3) is 0 Å². The molecule has 5 fully saturated rings. The van der Waals surface area contributed by atoms with Crippen LogP contribution in [0.5, 0.6) is 0 Å². The van der Waals surface area contributed by atoms with Crippen molar-refractivity contribution >= 4 is 0 Å². The van der Waals surface area contributed by atoms with Gasteiger partial charge in [0.1, 0.15) is 0 Å². The quantitative estimate of drug-likeness (QED) is 0.833. The standard InChI is InChI=1S/C24H36N2O/c27-11-7-23-17-26(10-9-25(23)8-6-18-4-2-1-3-5-18)24-21-13-19-12-20(15-21)16-22(24)14-19/h1-5,19-24,27H,6-17H2/t19?,20?,21?,22?,23-,24?/m1/s1. The fourth-order valence-electron chi connectivity index (χ4n) is 7.32. The number of nitrogens with zero attached hydrogens (tertiary/aromatic N) is 2. The minimum Gasteiger partial charge on any atom is -0.396 e. The molecule has 1 saturated heterocycles. The zero-order valence-corrected chi connectivity index (χ0v) is 16.7. The van der Waals surface area contributed by atoms with Gasteiger partial charge in [-0.2, -0.15) is 0 Å². The molecule has 148 valence electrons. The van der Waals surface area contributed by atoms with E-state index in [1.807, 2.05) is 0 Å². The van der Waals surface area contributed by atoms with E-state index in [1.165, 1.54) is 50.9 Å². The molecular weight excluding hydrogens is 332 g/mol. The minimum atomic E-state index is 0.321. The fraction of sp³-hybridized carbons (Fsp3) is 0.750. The van der Waals surface area contributed by atoms with Crippen LogP contribution in [-0.2, 0) is 6.42 Å². The summed E-state index contributed by atoms with van der Waals surface area (Å²) < 4.78 is 0. The van der Waals surface area contributed by atoms with E-state index in [2.05, 4.69) is 40.1 Å². The molecule has 0 aromatic heterocycles. The lowest BCUT2D eigenvalue weighted by Crippen LogP contribution is -2.62. The van der Waals surface area contributed by atoms with Crippen LogP contribution in [0.4, 0.5) is 0 Å². The second-order valence-electron chi connectivity index (χ2n) is 9.85. The third-order valence-electron chi connectivity index (χ3n) is 8.23. The van der Waals surface area contributed by atoms with Gasteiger partial charge in [0.2, 0.25) is 0 Å². The van der Waals surface area contributed by atoms with Crippen molar-refractivity contribution in [2.45, 2.75) is 57.0 Å². The van der Waals surface area contributed by atoms with Crippen LogP contribution in [-0.4, -0.2) is 59.8 Å². The van der Waals surface area contributed by atoms with Crippen molar-refractivity contribution in [3.63, 3.8) is 0 Å². The molecule has 1 heterocycles. The highest BCUT2D eigenvalue weighted by molar-refractivity contribution is 5.15. The summed E-state index contributed by atoms with van der Waals surface area (Å²) in [5.74, 6) is 4.08. The molecular formula is C24H36N2O. The molecule has 1 atom stereocenters. The normalized spacial score (nSPS) is 39.1. The minimum absolute atomic E-state index is 0.321. The fourth-order valence-corrected chi connectivity index (χ4v) is 7.32. The average Bonchev–Trinajstić information content (AvgIpc) is 2.67. The summed E-state index contributed by atoms with van der Waals surface area (Å²) in [6.07, 6.45) is 9.64. The van der Waals surface area contributed by atoms with Crippen LogP contribution in [0.3, 0.4) is 0 Å². The zero-order chi connectivity index (χ0) is 18.2. The third-order valence-corrected chi connectivity index (χ3v) is 8.23.